The van der Waals surface area contributed by atoms with Crippen molar-refractivity contribution in [3.63, 3.8) is 0 Å². The first-order chi connectivity index (χ1) is 11.6. The first-order valence-electron chi connectivity index (χ1n) is 6.41. The lowest BCUT2D eigenvalue weighted by Crippen LogP contribution is -2.18. The third-order valence-corrected chi connectivity index (χ3v) is 3.73. The van der Waals surface area contributed by atoms with Crippen LogP contribution in [-0.2, 0) is 6.18 Å². The molecular weight excluding hydrogens is 431 g/mol. The van der Waals surface area contributed by atoms with E-state index in [0.29, 0.717) is 16.1 Å². The number of carbonyl (C=O) groups excluding carboxylic acids is 1. The van der Waals surface area contributed by atoms with E-state index >= 15 is 0 Å². The fraction of sp³-hybridized carbons (Fsp3) is 0.0769. The van der Waals surface area contributed by atoms with Crippen LogP contribution < -0.4 is 10.5 Å². The number of carbonyl (C=O) groups is 1. The lowest BCUT2D eigenvalue weighted by Gasteiger charge is -2.13. The molecule has 0 spiro atoms. The van der Waals surface area contributed by atoms with Gasteiger partial charge in [0.1, 0.15) is 5.52 Å². The maximum Gasteiger partial charge on any atom is 0.417 e. The zero-order valence-electron chi connectivity index (χ0n) is 11.9. The fourth-order valence-electron chi connectivity index (χ4n) is 2.05. The molecule has 0 aliphatic carbocycles. The van der Waals surface area contributed by atoms with Crippen molar-refractivity contribution >= 4 is 39.1 Å². The summed E-state index contributed by atoms with van der Waals surface area (Å²) in [4.78, 5) is 18.2. The van der Waals surface area contributed by atoms with Crippen molar-refractivity contribution in [2.45, 2.75) is 6.18 Å². The van der Waals surface area contributed by atoms with E-state index < -0.39 is 29.3 Å². The first-order valence-corrected chi connectivity index (χ1v) is 7.58. The number of halogens is 5. The van der Waals surface area contributed by atoms with Crippen LogP contribution >= 0.6 is 27.5 Å². The molecule has 3 aromatic rings. The fourth-order valence-corrected chi connectivity index (χ4v) is 2.69. The van der Waals surface area contributed by atoms with Crippen LogP contribution in [0.3, 0.4) is 0 Å². The Hall–Kier alpha value is -2.40. The highest BCUT2D eigenvalue weighted by Gasteiger charge is 2.36. The highest BCUT2D eigenvalue weighted by Crippen LogP contribution is 2.37. The van der Waals surface area contributed by atoms with Gasteiger partial charge in [0.25, 0.3) is 0 Å². The van der Waals surface area contributed by atoms with Gasteiger partial charge in [-0.15, -0.1) is 5.10 Å². The average Bonchev–Trinajstić information content (AvgIpc) is 2.86. The molecule has 7 nitrogen and oxygen atoms in total. The Morgan fingerprint density at radius 3 is 2.72 bits per heavy atom. The molecule has 130 valence electrons. The summed E-state index contributed by atoms with van der Waals surface area (Å²) in [7, 11) is 0. The molecule has 0 aromatic carbocycles. The van der Waals surface area contributed by atoms with Crippen molar-refractivity contribution in [3.05, 3.63) is 39.7 Å². The van der Waals surface area contributed by atoms with Crippen LogP contribution in [0.2, 0.25) is 5.15 Å². The Balaban J connectivity index is 2.20. The van der Waals surface area contributed by atoms with E-state index in [4.69, 9.17) is 17.3 Å². The molecule has 3 heterocycles. The quantitative estimate of drug-likeness (QED) is 0.661. The lowest BCUT2D eigenvalue weighted by atomic mass is 10.1. The van der Waals surface area contributed by atoms with Crippen LogP contribution in [-0.4, -0.2) is 25.7 Å². The second kappa shape index (κ2) is 6.15. The van der Waals surface area contributed by atoms with Gasteiger partial charge in [0.2, 0.25) is 5.88 Å². The minimum Gasteiger partial charge on any atom is -0.391 e. The summed E-state index contributed by atoms with van der Waals surface area (Å²) in [5.41, 5.74) is 3.61. The second-order valence-electron chi connectivity index (χ2n) is 4.70. The van der Waals surface area contributed by atoms with Crippen LogP contribution in [0.25, 0.3) is 16.9 Å². The summed E-state index contributed by atoms with van der Waals surface area (Å²) in [6.07, 6.45) is -3.73. The molecule has 0 saturated carbocycles. The first kappa shape index (κ1) is 17.4. The number of hydrogen-bond acceptors (Lipinski definition) is 5. The van der Waals surface area contributed by atoms with Gasteiger partial charge < -0.3 is 10.5 Å². The lowest BCUT2D eigenvalue weighted by molar-refractivity contribution is -0.137. The Labute approximate surface area is 150 Å². The van der Waals surface area contributed by atoms with Crippen molar-refractivity contribution in [1.82, 2.24) is 19.6 Å². The van der Waals surface area contributed by atoms with Crippen LogP contribution in [0.1, 0.15) is 5.56 Å². The Bertz CT molecular complexity index is 992. The number of nitrogens with zero attached hydrogens (tertiary/aromatic N) is 4. The monoisotopic (exact) mass is 435 g/mol. The molecule has 0 radical (unpaired) electrons. The van der Waals surface area contributed by atoms with Crippen LogP contribution in [0.5, 0.6) is 5.88 Å². The molecule has 12 heteroatoms. The van der Waals surface area contributed by atoms with E-state index in [-0.39, 0.29) is 11.0 Å². The van der Waals surface area contributed by atoms with E-state index in [0.717, 1.165) is 6.20 Å². The number of alkyl halides is 3. The third-order valence-electron chi connectivity index (χ3n) is 3.02. The van der Waals surface area contributed by atoms with Gasteiger partial charge in [-0.05, 0) is 22.0 Å². The molecule has 0 fully saturated rings. The van der Waals surface area contributed by atoms with Crippen LogP contribution in [0.15, 0.2) is 29.0 Å². The van der Waals surface area contributed by atoms with E-state index in [9.17, 15) is 18.0 Å². The van der Waals surface area contributed by atoms with E-state index in [1.54, 1.807) is 6.07 Å². The van der Waals surface area contributed by atoms with Crippen molar-refractivity contribution < 1.29 is 22.7 Å². The smallest absolute Gasteiger partial charge is 0.391 e. The number of amides is 1. The molecule has 3 rings (SSSR count). The van der Waals surface area contributed by atoms with Crippen molar-refractivity contribution in [1.29, 1.82) is 0 Å². The van der Waals surface area contributed by atoms with Crippen LogP contribution in [0, 0.1) is 0 Å². The summed E-state index contributed by atoms with van der Waals surface area (Å²) >= 11 is 9.23. The zero-order chi connectivity index (χ0) is 18.4. The molecule has 1 amide bonds. The molecule has 0 unspecified atom stereocenters. The summed E-state index contributed by atoms with van der Waals surface area (Å²) in [5, 5.41) is 3.97. The molecular formula is C13H6BrClF3N5O2. The number of nitrogens with two attached hydrogens (primary N) is 1. The van der Waals surface area contributed by atoms with Crippen LogP contribution in [0.4, 0.5) is 18.0 Å². The van der Waals surface area contributed by atoms with Crippen molar-refractivity contribution in [3.8, 4) is 17.3 Å². The van der Waals surface area contributed by atoms with Gasteiger partial charge in [-0.2, -0.15) is 13.2 Å². The highest BCUT2D eigenvalue weighted by molar-refractivity contribution is 9.10. The largest absolute Gasteiger partial charge is 0.417 e. The summed E-state index contributed by atoms with van der Waals surface area (Å²) in [6.45, 7) is 0. The van der Waals surface area contributed by atoms with E-state index in [1.165, 1.54) is 10.7 Å². The maximum absolute atomic E-state index is 13.4. The molecule has 0 aliphatic rings. The van der Waals surface area contributed by atoms with Gasteiger partial charge in [0.15, 0.2) is 11.0 Å². The zero-order valence-corrected chi connectivity index (χ0v) is 14.2. The molecule has 3 aromatic heterocycles. The number of pyridine rings is 1. The van der Waals surface area contributed by atoms with Gasteiger partial charge >= 0.3 is 12.3 Å². The molecule has 0 atom stereocenters. The SMILES string of the molecule is NC(=O)Oc1cc(C(F)(F)F)c(-c2nc(Cl)c3cc(Br)cn3n2)cn1. The third kappa shape index (κ3) is 3.51. The van der Waals surface area contributed by atoms with E-state index in [2.05, 4.69) is 35.7 Å². The number of ether oxygens (including phenoxy) is 1. The standard InChI is InChI=1S/C13H6BrClF3N5O2/c14-5-1-8-10(15)21-11(22-23(8)4-5)6-3-20-9(25-12(19)24)2-7(6)13(16,17)18/h1-4H,(H2,19,24). The number of fused-ring (bicyclic) bond motifs is 1. The molecule has 0 saturated heterocycles. The number of primary amides is 1. The van der Waals surface area contributed by atoms with Gasteiger partial charge in [-0.3, -0.25) is 0 Å². The minimum absolute atomic E-state index is 0.0405. The minimum atomic E-state index is -4.78. The average molecular weight is 437 g/mol. The molecule has 25 heavy (non-hydrogen) atoms. The number of aromatic nitrogens is 4. The Morgan fingerprint density at radius 2 is 2.08 bits per heavy atom. The number of hydrogen-bond donors (Lipinski definition) is 1. The maximum atomic E-state index is 13.4. The van der Waals surface area contributed by atoms with Gasteiger partial charge in [0, 0.05) is 22.9 Å². The predicted octanol–water partition coefficient (Wildman–Crippen LogP) is 3.68. The number of rotatable bonds is 2. The predicted molar refractivity (Wildman–Crippen MR) is 84.1 cm³/mol. The summed E-state index contributed by atoms with van der Waals surface area (Å²) in [6, 6.07) is 2.14. The Morgan fingerprint density at radius 1 is 1.36 bits per heavy atom. The van der Waals surface area contributed by atoms with Crippen molar-refractivity contribution in [2.75, 3.05) is 0 Å². The molecule has 0 bridgehead atoms. The normalized spacial score (nSPS) is 11.7. The molecule has 0 aliphatic heterocycles. The van der Waals surface area contributed by atoms with Crippen molar-refractivity contribution in [2.24, 2.45) is 5.73 Å². The highest BCUT2D eigenvalue weighted by atomic mass is 79.9. The van der Waals surface area contributed by atoms with Gasteiger partial charge in [-0.25, -0.2) is 19.3 Å². The topological polar surface area (TPSA) is 95.4 Å². The summed E-state index contributed by atoms with van der Waals surface area (Å²) < 4.78 is 46.4. The summed E-state index contributed by atoms with van der Waals surface area (Å²) in [5.74, 6) is -0.898. The second-order valence-corrected chi connectivity index (χ2v) is 5.98. The van der Waals surface area contributed by atoms with Gasteiger partial charge in [-0.1, -0.05) is 11.6 Å². The van der Waals surface area contributed by atoms with E-state index in [1.807, 2.05) is 0 Å². The Kier molecular flexibility index (Phi) is 4.29. The van der Waals surface area contributed by atoms with Gasteiger partial charge in [0.05, 0.1) is 11.1 Å². The molecule has 2 N–H and O–H groups in total.